The van der Waals surface area contributed by atoms with Gasteiger partial charge in [0.2, 0.25) is 0 Å². The second kappa shape index (κ2) is 8.86. The van der Waals surface area contributed by atoms with Gasteiger partial charge >= 0.3 is 0 Å². The number of nitrogens with zero attached hydrogens (tertiary/aromatic N) is 2. The number of aryl methyl sites for hydroxylation is 1. The highest BCUT2D eigenvalue weighted by molar-refractivity contribution is 7.99. The Labute approximate surface area is 162 Å². The van der Waals surface area contributed by atoms with Crippen LogP contribution >= 0.6 is 11.8 Å². The lowest BCUT2D eigenvalue weighted by molar-refractivity contribution is 0.0952. The number of halogens is 1. The zero-order valence-corrected chi connectivity index (χ0v) is 16.2. The van der Waals surface area contributed by atoms with Crippen molar-refractivity contribution in [1.29, 1.82) is 0 Å². The van der Waals surface area contributed by atoms with Crippen molar-refractivity contribution in [1.82, 2.24) is 15.1 Å². The third-order valence-corrected chi connectivity index (χ3v) is 5.31. The number of hydrogen-bond acceptors (Lipinski definition) is 3. The Morgan fingerprint density at radius 1 is 1.11 bits per heavy atom. The lowest BCUT2D eigenvalue weighted by atomic mass is 10.2. The van der Waals surface area contributed by atoms with Crippen LogP contribution in [0.5, 0.6) is 0 Å². The van der Waals surface area contributed by atoms with Crippen LogP contribution in [0.15, 0.2) is 59.5 Å². The monoisotopic (exact) mass is 383 g/mol. The van der Waals surface area contributed by atoms with Gasteiger partial charge in [0.1, 0.15) is 5.82 Å². The first kappa shape index (κ1) is 19.2. The minimum Gasteiger partial charge on any atom is -0.352 e. The maximum atomic E-state index is 13.1. The Bertz CT molecular complexity index is 907. The van der Waals surface area contributed by atoms with E-state index in [1.165, 1.54) is 17.0 Å². The van der Waals surface area contributed by atoms with E-state index < -0.39 is 0 Å². The summed E-state index contributed by atoms with van der Waals surface area (Å²) in [5.74, 6) is 0.520. The lowest BCUT2D eigenvalue weighted by Gasteiger charge is -2.07. The lowest BCUT2D eigenvalue weighted by Crippen LogP contribution is -2.25. The summed E-state index contributed by atoms with van der Waals surface area (Å²) in [6.07, 6.45) is 0.884. The van der Waals surface area contributed by atoms with Gasteiger partial charge in [-0.3, -0.25) is 4.79 Å². The van der Waals surface area contributed by atoms with Crippen LogP contribution in [0, 0.1) is 19.7 Å². The van der Waals surface area contributed by atoms with Crippen molar-refractivity contribution >= 4 is 17.7 Å². The molecule has 0 aliphatic carbocycles. The van der Waals surface area contributed by atoms with Crippen LogP contribution in [0.2, 0.25) is 0 Å². The van der Waals surface area contributed by atoms with E-state index in [2.05, 4.69) is 22.5 Å². The summed E-state index contributed by atoms with van der Waals surface area (Å²) >= 11 is 1.78. The first-order valence-corrected chi connectivity index (χ1v) is 9.83. The van der Waals surface area contributed by atoms with Gasteiger partial charge in [-0.05, 0) is 62.4 Å². The fraction of sp³-hybridized carbons (Fsp3) is 0.238. The summed E-state index contributed by atoms with van der Waals surface area (Å²) < 4.78 is 14.8. The van der Waals surface area contributed by atoms with Gasteiger partial charge in [0.25, 0.3) is 5.91 Å². The number of rotatable bonds is 7. The second-order valence-electron chi connectivity index (χ2n) is 6.21. The molecule has 0 radical (unpaired) electrons. The number of hydrogen-bond donors (Lipinski definition) is 1. The molecule has 2 aromatic carbocycles. The van der Waals surface area contributed by atoms with Gasteiger partial charge in [0.15, 0.2) is 0 Å². The van der Waals surface area contributed by atoms with Crippen molar-refractivity contribution in [2.24, 2.45) is 0 Å². The molecule has 0 atom stereocenters. The third-order valence-electron chi connectivity index (χ3n) is 4.21. The number of nitrogens with one attached hydrogen (secondary N) is 1. The van der Waals surface area contributed by atoms with Crippen molar-refractivity contribution in [2.45, 2.75) is 25.2 Å². The molecule has 3 aromatic rings. The van der Waals surface area contributed by atoms with Gasteiger partial charge in [0.05, 0.1) is 22.6 Å². The Morgan fingerprint density at radius 2 is 1.81 bits per heavy atom. The fourth-order valence-corrected chi connectivity index (χ4v) is 3.75. The molecule has 0 aliphatic rings. The zero-order valence-electron chi connectivity index (χ0n) is 15.4. The van der Waals surface area contributed by atoms with E-state index in [1.807, 2.05) is 32.0 Å². The van der Waals surface area contributed by atoms with Crippen LogP contribution in [0.3, 0.4) is 0 Å². The minimum absolute atomic E-state index is 0.122. The highest BCUT2D eigenvalue weighted by atomic mass is 32.2. The number of amides is 1. The predicted molar refractivity (Wildman–Crippen MR) is 107 cm³/mol. The molecule has 27 heavy (non-hydrogen) atoms. The highest BCUT2D eigenvalue weighted by Crippen LogP contribution is 2.19. The molecule has 0 unspecified atom stereocenters. The van der Waals surface area contributed by atoms with Crippen molar-refractivity contribution < 1.29 is 9.18 Å². The summed E-state index contributed by atoms with van der Waals surface area (Å²) in [5, 5.41) is 7.42. The summed E-state index contributed by atoms with van der Waals surface area (Å²) in [6.45, 7) is 4.27. The average Bonchev–Trinajstić information content (AvgIpc) is 2.97. The van der Waals surface area contributed by atoms with Gasteiger partial charge in [-0.15, -0.1) is 11.8 Å². The Balaban J connectivity index is 1.57. The maximum absolute atomic E-state index is 13.1. The van der Waals surface area contributed by atoms with Gasteiger partial charge in [-0.1, -0.05) is 18.2 Å². The molecule has 6 heteroatoms. The van der Waals surface area contributed by atoms with E-state index in [4.69, 9.17) is 0 Å². The van der Waals surface area contributed by atoms with E-state index in [9.17, 15) is 9.18 Å². The molecule has 1 N–H and O–H groups in total. The number of carbonyl (C=O) groups is 1. The molecule has 0 fully saturated rings. The zero-order chi connectivity index (χ0) is 19.2. The Morgan fingerprint density at radius 3 is 2.52 bits per heavy atom. The highest BCUT2D eigenvalue weighted by Gasteiger charge is 2.19. The van der Waals surface area contributed by atoms with Crippen molar-refractivity contribution in [2.75, 3.05) is 12.3 Å². The third kappa shape index (κ3) is 4.77. The number of carbonyl (C=O) groups excluding carboxylic acids is 1. The van der Waals surface area contributed by atoms with Crippen LogP contribution in [-0.4, -0.2) is 28.0 Å². The van der Waals surface area contributed by atoms with Crippen LogP contribution < -0.4 is 5.32 Å². The first-order chi connectivity index (χ1) is 13.1. The van der Waals surface area contributed by atoms with Crippen molar-refractivity contribution in [3.8, 4) is 5.69 Å². The van der Waals surface area contributed by atoms with E-state index in [-0.39, 0.29) is 11.7 Å². The SMILES string of the molecule is Cc1nn(-c2ccc(F)cc2)c(C)c1C(=O)NCCCSc1ccccc1. The van der Waals surface area contributed by atoms with Crippen molar-refractivity contribution in [3.63, 3.8) is 0 Å². The van der Waals surface area contributed by atoms with Crippen molar-refractivity contribution in [3.05, 3.63) is 77.4 Å². The summed E-state index contributed by atoms with van der Waals surface area (Å²) in [4.78, 5) is 13.8. The van der Waals surface area contributed by atoms with Crippen LogP contribution in [0.4, 0.5) is 4.39 Å². The van der Waals surface area contributed by atoms with Gasteiger partial charge < -0.3 is 5.32 Å². The number of benzene rings is 2. The smallest absolute Gasteiger partial charge is 0.255 e. The molecule has 0 saturated carbocycles. The predicted octanol–water partition coefficient (Wildman–Crippen LogP) is 4.54. The average molecular weight is 383 g/mol. The molecule has 4 nitrogen and oxygen atoms in total. The van der Waals surface area contributed by atoms with Crippen LogP contribution in [0.25, 0.3) is 5.69 Å². The fourth-order valence-electron chi connectivity index (χ4n) is 2.87. The van der Waals surface area contributed by atoms with Crippen LogP contribution in [-0.2, 0) is 0 Å². The van der Waals surface area contributed by atoms with Crippen LogP contribution in [0.1, 0.15) is 28.2 Å². The molecule has 0 aliphatic heterocycles. The quantitative estimate of drug-likeness (QED) is 0.481. The second-order valence-corrected chi connectivity index (χ2v) is 7.37. The number of aromatic nitrogens is 2. The molecule has 0 saturated heterocycles. The molecule has 0 spiro atoms. The Hall–Kier alpha value is -2.60. The maximum Gasteiger partial charge on any atom is 0.255 e. The van der Waals surface area contributed by atoms with E-state index in [1.54, 1.807) is 28.6 Å². The van der Waals surface area contributed by atoms with Gasteiger partial charge in [0, 0.05) is 11.4 Å². The summed E-state index contributed by atoms with van der Waals surface area (Å²) in [6, 6.07) is 16.3. The Kier molecular flexibility index (Phi) is 6.29. The summed E-state index contributed by atoms with van der Waals surface area (Å²) in [7, 11) is 0. The molecule has 1 aromatic heterocycles. The summed E-state index contributed by atoms with van der Waals surface area (Å²) in [5.41, 5.74) is 2.72. The molecule has 1 amide bonds. The van der Waals surface area contributed by atoms with Gasteiger partial charge in [-0.25, -0.2) is 9.07 Å². The molecule has 140 valence electrons. The minimum atomic E-state index is -0.299. The first-order valence-electron chi connectivity index (χ1n) is 8.84. The van der Waals surface area contributed by atoms with E-state index in [0.29, 0.717) is 17.8 Å². The van der Waals surface area contributed by atoms with Gasteiger partial charge in [-0.2, -0.15) is 5.10 Å². The molecular weight excluding hydrogens is 361 g/mol. The molecule has 0 bridgehead atoms. The van der Waals surface area contributed by atoms with E-state index in [0.717, 1.165) is 23.6 Å². The molecule has 1 heterocycles. The number of thioether (sulfide) groups is 1. The molecule has 3 rings (SSSR count). The normalized spacial score (nSPS) is 10.8. The molecular formula is C21H22FN3OS. The topological polar surface area (TPSA) is 46.9 Å². The van der Waals surface area contributed by atoms with E-state index >= 15 is 0 Å². The largest absolute Gasteiger partial charge is 0.352 e. The standard InChI is InChI=1S/C21H22FN3OS/c1-15-20(16(2)25(24-15)18-11-9-17(22)10-12-18)21(26)23-13-6-14-27-19-7-4-3-5-8-19/h3-5,7-12H,6,13-14H2,1-2H3,(H,23,26).